The quantitative estimate of drug-likeness (QED) is 0.886. The molecular weight excluding hydrogens is 320 g/mol. The van der Waals surface area contributed by atoms with E-state index in [1.54, 1.807) is 18.5 Å². The first kappa shape index (κ1) is 16.0. The Kier molecular flexibility index (Phi) is 4.60. The molecule has 1 unspecified atom stereocenters. The highest BCUT2D eigenvalue weighted by Gasteiger charge is 2.27. The van der Waals surface area contributed by atoms with Gasteiger partial charge in [-0.1, -0.05) is 0 Å². The first-order valence-corrected chi connectivity index (χ1v) is 8.78. The predicted molar refractivity (Wildman–Crippen MR) is 91.5 cm³/mol. The molecule has 2 aromatic heterocycles. The highest BCUT2D eigenvalue weighted by molar-refractivity contribution is 5.92. The molecule has 2 aliphatic rings. The summed E-state index contributed by atoms with van der Waals surface area (Å²) in [6.45, 7) is 4.59. The van der Waals surface area contributed by atoms with Gasteiger partial charge in [-0.2, -0.15) is 0 Å². The summed E-state index contributed by atoms with van der Waals surface area (Å²) in [6.07, 6.45) is 7.13. The topological polar surface area (TPSA) is 87.4 Å². The molecule has 2 aliphatic heterocycles. The molecule has 1 N–H and O–H groups in total. The predicted octanol–water partition coefficient (Wildman–Crippen LogP) is 0.894. The van der Waals surface area contributed by atoms with Crippen LogP contribution in [0.25, 0.3) is 0 Å². The summed E-state index contributed by atoms with van der Waals surface area (Å²) in [7, 11) is 0. The minimum atomic E-state index is -0.0626. The van der Waals surface area contributed by atoms with Gasteiger partial charge in [0.2, 0.25) is 5.95 Å². The second-order valence-corrected chi connectivity index (χ2v) is 6.44. The van der Waals surface area contributed by atoms with Crippen molar-refractivity contribution in [3.63, 3.8) is 0 Å². The highest BCUT2D eigenvalue weighted by atomic mass is 16.3. The molecule has 8 heteroatoms. The Labute approximate surface area is 146 Å². The summed E-state index contributed by atoms with van der Waals surface area (Å²) in [5, 5.41) is 3.34. The number of carbonyl (C=O) groups excluding carboxylic acids is 1. The molecule has 0 bridgehead atoms. The number of piperazine rings is 1. The standard InChI is InChI=1S/C17H22N6O2/c24-16(14-12-25-15(21-14)13-3-1-4-18-11-13)22-7-9-23(10-8-22)17-19-5-2-6-20-17/h2,5-6,12-13,18H,1,3-4,7-11H2. The van der Waals surface area contributed by atoms with E-state index < -0.39 is 0 Å². The first-order chi connectivity index (χ1) is 12.3. The number of hydrogen-bond acceptors (Lipinski definition) is 7. The number of rotatable bonds is 3. The van der Waals surface area contributed by atoms with Crippen molar-refractivity contribution in [1.29, 1.82) is 0 Å². The zero-order valence-electron chi connectivity index (χ0n) is 14.1. The van der Waals surface area contributed by atoms with E-state index in [-0.39, 0.29) is 11.8 Å². The molecule has 132 valence electrons. The zero-order valence-corrected chi connectivity index (χ0v) is 14.1. The van der Waals surface area contributed by atoms with Crippen LogP contribution in [-0.4, -0.2) is 65.0 Å². The summed E-state index contributed by atoms with van der Waals surface area (Å²) >= 11 is 0. The Morgan fingerprint density at radius 1 is 1.20 bits per heavy atom. The third kappa shape index (κ3) is 3.48. The van der Waals surface area contributed by atoms with E-state index in [0.29, 0.717) is 43.7 Å². The summed E-state index contributed by atoms with van der Waals surface area (Å²) in [5.74, 6) is 1.59. The third-order valence-corrected chi connectivity index (χ3v) is 4.79. The molecule has 0 radical (unpaired) electrons. The van der Waals surface area contributed by atoms with Gasteiger partial charge in [-0.3, -0.25) is 4.79 Å². The molecule has 0 aromatic carbocycles. The van der Waals surface area contributed by atoms with Gasteiger partial charge < -0.3 is 19.5 Å². The van der Waals surface area contributed by atoms with Crippen LogP contribution in [0.15, 0.2) is 29.1 Å². The molecule has 4 heterocycles. The van der Waals surface area contributed by atoms with Crippen molar-refractivity contribution in [1.82, 2.24) is 25.2 Å². The molecule has 0 saturated carbocycles. The average molecular weight is 342 g/mol. The Morgan fingerprint density at radius 3 is 2.72 bits per heavy atom. The number of piperidine rings is 1. The van der Waals surface area contributed by atoms with Crippen LogP contribution in [-0.2, 0) is 0 Å². The van der Waals surface area contributed by atoms with Gasteiger partial charge in [0.15, 0.2) is 11.6 Å². The maximum atomic E-state index is 12.7. The van der Waals surface area contributed by atoms with Crippen molar-refractivity contribution in [3.8, 4) is 0 Å². The van der Waals surface area contributed by atoms with E-state index in [0.717, 1.165) is 25.9 Å². The monoisotopic (exact) mass is 342 g/mol. The lowest BCUT2D eigenvalue weighted by Crippen LogP contribution is -2.49. The van der Waals surface area contributed by atoms with E-state index in [9.17, 15) is 4.79 Å². The van der Waals surface area contributed by atoms with Gasteiger partial charge in [0, 0.05) is 51.0 Å². The van der Waals surface area contributed by atoms with Gasteiger partial charge >= 0.3 is 0 Å². The van der Waals surface area contributed by atoms with Crippen molar-refractivity contribution < 1.29 is 9.21 Å². The molecular formula is C17H22N6O2. The second-order valence-electron chi connectivity index (χ2n) is 6.44. The lowest BCUT2D eigenvalue weighted by Gasteiger charge is -2.34. The maximum Gasteiger partial charge on any atom is 0.275 e. The van der Waals surface area contributed by atoms with E-state index in [1.807, 2.05) is 4.90 Å². The van der Waals surface area contributed by atoms with Gasteiger partial charge in [0.05, 0.1) is 0 Å². The van der Waals surface area contributed by atoms with Crippen LogP contribution in [0.3, 0.4) is 0 Å². The number of carbonyl (C=O) groups is 1. The molecule has 1 amide bonds. The van der Waals surface area contributed by atoms with Crippen molar-refractivity contribution in [3.05, 3.63) is 36.3 Å². The van der Waals surface area contributed by atoms with E-state index in [2.05, 4.69) is 25.2 Å². The lowest BCUT2D eigenvalue weighted by molar-refractivity contribution is 0.0740. The number of anilines is 1. The summed E-state index contributed by atoms with van der Waals surface area (Å²) in [6, 6.07) is 1.80. The minimum absolute atomic E-state index is 0.0626. The average Bonchev–Trinajstić information content (AvgIpc) is 3.19. The molecule has 8 nitrogen and oxygen atoms in total. The summed E-state index contributed by atoms with van der Waals surface area (Å²) < 4.78 is 5.58. The number of aromatic nitrogens is 3. The number of oxazole rings is 1. The number of nitrogens with zero attached hydrogens (tertiary/aromatic N) is 5. The van der Waals surface area contributed by atoms with Gasteiger partial charge in [-0.15, -0.1) is 0 Å². The van der Waals surface area contributed by atoms with E-state index >= 15 is 0 Å². The molecule has 2 aromatic rings. The van der Waals surface area contributed by atoms with Gasteiger partial charge in [0.1, 0.15) is 6.26 Å². The van der Waals surface area contributed by atoms with Crippen molar-refractivity contribution >= 4 is 11.9 Å². The van der Waals surface area contributed by atoms with Crippen LogP contribution in [0.4, 0.5) is 5.95 Å². The third-order valence-electron chi connectivity index (χ3n) is 4.79. The fourth-order valence-corrected chi connectivity index (χ4v) is 3.36. The maximum absolute atomic E-state index is 12.7. The fourth-order valence-electron chi connectivity index (χ4n) is 3.36. The Balaban J connectivity index is 1.37. The van der Waals surface area contributed by atoms with Crippen molar-refractivity contribution in [2.75, 3.05) is 44.2 Å². The van der Waals surface area contributed by atoms with Crippen LogP contribution < -0.4 is 10.2 Å². The smallest absolute Gasteiger partial charge is 0.275 e. The van der Waals surface area contributed by atoms with E-state index in [1.165, 1.54) is 6.26 Å². The number of amides is 1. The van der Waals surface area contributed by atoms with Crippen LogP contribution >= 0.6 is 0 Å². The molecule has 25 heavy (non-hydrogen) atoms. The van der Waals surface area contributed by atoms with Gasteiger partial charge in [-0.05, 0) is 25.5 Å². The first-order valence-electron chi connectivity index (χ1n) is 8.78. The Morgan fingerprint density at radius 2 is 2.00 bits per heavy atom. The summed E-state index contributed by atoms with van der Waals surface area (Å²) in [5.41, 5.74) is 0.407. The van der Waals surface area contributed by atoms with Crippen LogP contribution in [0.5, 0.6) is 0 Å². The zero-order chi connectivity index (χ0) is 17.1. The van der Waals surface area contributed by atoms with Crippen LogP contribution in [0, 0.1) is 0 Å². The SMILES string of the molecule is O=C(c1coc(C2CCCNC2)n1)N1CCN(c2ncccn2)CC1. The van der Waals surface area contributed by atoms with Gasteiger partial charge in [0.25, 0.3) is 5.91 Å². The van der Waals surface area contributed by atoms with Crippen molar-refractivity contribution in [2.24, 2.45) is 0 Å². The molecule has 4 rings (SSSR count). The molecule has 2 fully saturated rings. The van der Waals surface area contributed by atoms with Crippen molar-refractivity contribution in [2.45, 2.75) is 18.8 Å². The Hall–Kier alpha value is -2.48. The molecule has 2 saturated heterocycles. The fraction of sp³-hybridized carbons (Fsp3) is 0.529. The second kappa shape index (κ2) is 7.18. The van der Waals surface area contributed by atoms with Crippen LogP contribution in [0.2, 0.25) is 0 Å². The van der Waals surface area contributed by atoms with Crippen LogP contribution in [0.1, 0.15) is 35.1 Å². The highest BCUT2D eigenvalue weighted by Crippen LogP contribution is 2.23. The van der Waals surface area contributed by atoms with Gasteiger partial charge in [-0.25, -0.2) is 15.0 Å². The molecule has 0 spiro atoms. The molecule has 1 atom stereocenters. The Bertz CT molecular complexity index is 705. The summed E-state index contributed by atoms with van der Waals surface area (Å²) in [4.78, 5) is 29.6. The lowest BCUT2D eigenvalue weighted by atomic mass is 10.00. The molecule has 0 aliphatic carbocycles. The van der Waals surface area contributed by atoms with E-state index in [4.69, 9.17) is 4.42 Å². The normalized spacial score (nSPS) is 21.4. The number of hydrogen-bond donors (Lipinski definition) is 1. The number of nitrogens with one attached hydrogen (secondary N) is 1. The largest absolute Gasteiger partial charge is 0.448 e. The minimum Gasteiger partial charge on any atom is -0.448 e.